The number of aryl methyl sites for hydroxylation is 1. The minimum Gasteiger partial charge on any atom is -0.330 e. The summed E-state index contributed by atoms with van der Waals surface area (Å²) in [7, 11) is 0. The van der Waals surface area contributed by atoms with E-state index in [4.69, 9.17) is 17.3 Å². The molecule has 0 fully saturated rings. The van der Waals surface area contributed by atoms with E-state index in [1.54, 1.807) is 0 Å². The third kappa shape index (κ3) is 1.72. The summed E-state index contributed by atoms with van der Waals surface area (Å²) in [6.07, 6.45) is 4.53. The van der Waals surface area contributed by atoms with Gasteiger partial charge in [0.25, 0.3) is 0 Å². The Labute approximate surface area is 83.9 Å². The van der Waals surface area contributed by atoms with Crippen LogP contribution in [0, 0.1) is 0 Å². The zero-order valence-electron chi connectivity index (χ0n) is 7.65. The third-order valence-corrected chi connectivity index (χ3v) is 2.99. The second-order valence-corrected chi connectivity index (χ2v) is 4.01. The molecule has 70 valence electrons. The van der Waals surface area contributed by atoms with Gasteiger partial charge in [0, 0.05) is 5.02 Å². The fourth-order valence-corrected chi connectivity index (χ4v) is 2.38. The van der Waals surface area contributed by atoms with Gasteiger partial charge in [-0.25, -0.2) is 0 Å². The van der Waals surface area contributed by atoms with E-state index in [2.05, 4.69) is 12.1 Å². The lowest BCUT2D eigenvalue weighted by Gasteiger charge is -2.06. The van der Waals surface area contributed by atoms with Gasteiger partial charge >= 0.3 is 0 Å². The molecule has 1 aliphatic rings. The largest absolute Gasteiger partial charge is 0.330 e. The first-order valence-corrected chi connectivity index (χ1v) is 5.19. The molecule has 2 heteroatoms. The summed E-state index contributed by atoms with van der Waals surface area (Å²) in [4.78, 5) is 0. The number of fused-ring (bicyclic) bond motifs is 1. The fourth-order valence-electron chi connectivity index (χ4n) is 2.03. The Morgan fingerprint density at radius 2 is 2.15 bits per heavy atom. The minimum absolute atomic E-state index is 0.703. The third-order valence-electron chi connectivity index (χ3n) is 2.65. The first kappa shape index (κ1) is 9.04. The highest BCUT2D eigenvalue weighted by Crippen LogP contribution is 2.30. The maximum absolute atomic E-state index is 6.17. The molecule has 0 atom stereocenters. The molecule has 1 aromatic rings. The maximum atomic E-state index is 6.17. The molecule has 0 aromatic heterocycles. The maximum Gasteiger partial charge on any atom is 0.0443 e. The van der Waals surface area contributed by atoms with Crippen LogP contribution < -0.4 is 5.73 Å². The number of rotatable bonds is 2. The zero-order valence-corrected chi connectivity index (χ0v) is 8.40. The summed E-state index contributed by atoms with van der Waals surface area (Å²) in [5.74, 6) is 0. The van der Waals surface area contributed by atoms with Crippen LogP contribution in [0.5, 0.6) is 0 Å². The van der Waals surface area contributed by atoms with Crippen molar-refractivity contribution in [3.05, 3.63) is 33.8 Å². The number of hydrogen-bond donors (Lipinski definition) is 1. The van der Waals surface area contributed by atoms with E-state index in [0.29, 0.717) is 6.54 Å². The Balaban J connectivity index is 2.37. The lowest BCUT2D eigenvalue weighted by atomic mass is 10.0. The predicted molar refractivity (Wildman–Crippen MR) is 56.2 cm³/mol. The van der Waals surface area contributed by atoms with Crippen LogP contribution in [0.4, 0.5) is 0 Å². The van der Waals surface area contributed by atoms with Gasteiger partial charge in [0.15, 0.2) is 0 Å². The van der Waals surface area contributed by atoms with Gasteiger partial charge in [0.1, 0.15) is 0 Å². The van der Waals surface area contributed by atoms with Gasteiger partial charge in [-0.3, -0.25) is 0 Å². The van der Waals surface area contributed by atoms with Gasteiger partial charge in [0.05, 0.1) is 0 Å². The molecule has 0 unspecified atom stereocenters. The van der Waals surface area contributed by atoms with Crippen molar-refractivity contribution in [2.75, 3.05) is 6.54 Å². The summed E-state index contributed by atoms with van der Waals surface area (Å²) in [6.45, 7) is 0.703. The summed E-state index contributed by atoms with van der Waals surface area (Å²) in [5.41, 5.74) is 9.60. The second kappa shape index (κ2) is 3.69. The van der Waals surface area contributed by atoms with E-state index >= 15 is 0 Å². The Bertz CT molecular complexity index is 320. The van der Waals surface area contributed by atoms with Gasteiger partial charge in [0.2, 0.25) is 0 Å². The molecule has 0 amide bonds. The highest BCUT2D eigenvalue weighted by molar-refractivity contribution is 6.31. The number of halogens is 1. The van der Waals surface area contributed by atoms with Gasteiger partial charge in [-0.1, -0.05) is 17.7 Å². The highest BCUT2D eigenvalue weighted by atomic mass is 35.5. The van der Waals surface area contributed by atoms with Crippen molar-refractivity contribution < 1.29 is 0 Å². The molecule has 0 saturated heterocycles. The standard InChI is InChI=1S/C11H14ClN/c12-11-7-8(4-5-13)6-9-2-1-3-10(9)11/h6-7H,1-5,13H2. The van der Waals surface area contributed by atoms with Crippen LogP contribution in [-0.2, 0) is 19.3 Å². The minimum atomic E-state index is 0.703. The topological polar surface area (TPSA) is 26.0 Å². The van der Waals surface area contributed by atoms with Crippen molar-refractivity contribution >= 4 is 11.6 Å². The van der Waals surface area contributed by atoms with Crippen molar-refractivity contribution in [3.8, 4) is 0 Å². The molecular weight excluding hydrogens is 182 g/mol. The van der Waals surface area contributed by atoms with Crippen molar-refractivity contribution in [1.82, 2.24) is 0 Å². The number of hydrogen-bond acceptors (Lipinski definition) is 1. The SMILES string of the molecule is NCCc1cc(Cl)c2c(c1)CCC2. The van der Waals surface area contributed by atoms with E-state index in [-0.39, 0.29) is 0 Å². The highest BCUT2D eigenvalue weighted by Gasteiger charge is 2.14. The van der Waals surface area contributed by atoms with E-state index in [1.165, 1.54) is 29.5 Å². The summed E-state index contributed by atoms with van der Waals surface area (Å²) >= 11 is 6.17. The molecule has 0 spiro atoms. The van der Waals surface area contributed by atoms with Crippen LogP contribution in [0.25, 0.3) is 0 Å². The second-order valence-electron chi connectivity index (χ2n) is 3.61. The molecule has 2 rings (SSSR count). The average Bonchev–Trinajstić information content (AvgIpc) is 2.53. The van der Waals surface area contributed by atoms with Gasteiger partial charge < -0.3 is 5.73 Å². The van der Waals surface area contributed by atoms with Crippen LogP contribution in [0.15, 0.2) is 12.1 Å². The quantitative estimate of drug-likeness (QED) is 0.770. The Hall–Kier alpha value is -0.530. The Kier molecular flexibility index (Phi) is 2.56. The monoisotopic (exact) mass is 195 g/mol. The van der Waals surface area contributed by atoms with E-state index in [9.17, 15) is 0 Å². The van der Waals surface area contributed by atoms with Crippen molar-refractivity contribution in [3.63, 3.8) is 0 Å². The molecule has 1 nitrogen and oxygen atoms in total. The normalized spacial score (nSPS) is 14.6. The first-order chi connectivity index (χ1) is 6.31. The fraction of sp³-hybridized carbons (Fsp3) is 0.455. The Morgan fingerprint density at radius 3 is 2.92 bits per heavy atom. The number of benzene rings is 1. The summed E-state index contributed by atoms with van der Waals surface area (Å²) in [5, 5.41) is 0.943. The molecule has 0 bridgehead atoms. The Morgan fingerprint density at radius 1 is 1.31 bits per heavy atom. The molecule has 1 aliphatic carbocycles. The van der Waals surface area contributed by atoms with Crippen molar-refractivity contribution in [1.29, 1.82) is 0 Å². The van der Waals surface area contributed by atoms with Crippen LogP contribution in [0.1, 0.15) is 23.1 Å². The van der Waals surface area contributed by atoms with Crippen LogP contribution in [0.2, 0.25) is 5.02 Å². The van der Waals surface area contributed by atoms with Crippen molar-refractivity contribution in [2.24, 2.45) is 5.73 Å². The van der Waals surface area contributed by atoms with Crippen LogP contribution in [0.3, 0.4) is 0 Å². The average molecular weight is 196 g/mol. The van der Waals surface area contributed by atoms with E-state index in [0.717, 1.165) is 17.9 Å². The number of nitrogens with two attached hydrogens (primary N) is 1. The molecule has 2 N–H and O–H groups in total. The van der Waals surface area contributed by atoms with Gasteiger partial charge in [-0.05, 0) is 55.0 Å². The first-order valence-electron chi connectivity index (χ1n) is 4.81. The van der Waals surface area contributed by atoms with E-state index in [1.807, 2.05) is 0 Å². The van der Waals surface area contributed by atoms with Crippen molar-refractivity contribution in [2.45, 2.75) is 25.7 Å². The lowest BCUT2D eigenvalue weighted by Crippen LogP contribution is -2.03. The van der Waals surface area contributed by atoms with Crippen LogP contribution in [-0.4, -0.2) is 6.54 Å². The summed E-state index contributed by atoms with van der Waals surface area (Å²) in [6, 6.07) is 4.33. The summed E-state index contributed by atoms with van der Waals surface area (Å²) < 4.78 is 0. The molecule has 13 heavy (non-hydrogen) atoms. The van der Waals surface area contributed by atoms with Crippen LogP contribution >= 0.6 is 11.6 Å². The zero-order chi connectivity index (χ0) is 9.26. The lowest BCUT2D eigenvalue weighted by molar-refractivity contribution is 0.910. The molecule has 0 saturated carbocycles. The van der Waals surface area contributed by atoms with E-state index < -0.39 is 0 Å². The molecule has 1 aromatic carbocycles. The van der Waals surface area contributed by atoms with Gasteiger partial charge in [-0.15, -0.1) is 0 Å². The molecule has 0 radical (unpaired) electrons. The smallest absolute Gasteiger partial charge is 0.0443 e. The predicted octanol–water partition coefficient (Wildman–Crippen LogP) is 2.33. The van der Waals surface area contributed by atoms with Gasteiger partial charge in [-0.2, -0.15) is 0 Å². The molecule has 0 aliphatic heterocycles. The molecular formula is C11H14ClN. The molecule has 0 heterocycles.